The Bertz CT molecular complexity index is 1250. The average molecular weight is 547 g/mol. The van der Waals surface area contributed by atoms with E-state index >= 15 is 0 Å². The summed E-state index contributed by atoms with van der Waals surface area (Å²) in [6.07, 6.45) is 2.02. The van der Waals surface area contributed by atoms with Crippen molar-refractivity contribution in [3.63, 3.8) is 0 Å². The van der Waals surface area contributed by atoms with E-state index in [0.29, 0.717) is 12.7 Å². The van der Waals surface area contributed by atoms with Gasteiger partial charge in [0.15, 0.2) is 0 Å². The van der Waals surface area contributed by atoms with Gasteiger partial charge in [-0.2, -0.15) is 0 Å². The molecule has 10 heteroatoms. The number of rotatable bonds is 10. The van der Waals surface area contributed by atoms with Crippen LogP contribution in [0.25, 0.3) is 0 Å². The van der Waals surface area contributed by atoms with Crippen molar-refractivity contribution in [3.8, 4) is 11.5 Å². The van der Waals surface area contributed by atoms with Crippen LogP contribution < -0.4 is 15.9 Å². The van der Waals surface area contributed by atoms with Crippen molar-refractivity contribution in [1.29, 1.82) is 0 Å². The highest BCUT2D eigenvalue weighted by molar-refractivity contribution is 7.64. The lowest BCUT2D eigenvalue weighted by molar-refractivity contribution is -0.109. The number of benzene rings is 3. The molecule has 0 aliphatic heterocycles. The molecule has 0 aliphatic carbocycles. The molecule has 7 nitrogen and oxygen atoms in total. The van der Waals surface area contributed by atoms with Crippen molar-refractivity contribution in [1.82, 2.24) is 10.6 Å². The Balaban J connectivity index is 1.61. The highest BCUT2D eigenvalue weighted by Gasteiger charge is 2.20. The molecule has 188 valence electrons. The molecule has 2 unspecified atom stereocenters. The monoisotopic (exact) mass is 546 g/mol. The van der Waals surface area contributed by atoms with Crippen molar-refractivity contribution in [3.05, 3.63) is 87.4 Å². The lowest BCUT2D eigenvalue weighted by Crippen LogP contribution is -2.44. The summed E-state index contributed by atoms with van der Waals surface area (Å²) in [6, 6.07) is 15.3. The predicted octanol–water partition coefficient (Wildman–Crippen LogP) is 4.11. The molecule has 0 bridgehead atoms. The zero-order valence-corrected chi connectivity index (χ0v) is 21.8. The first-order chi connectivity index (χ1) is 17.2. The van der Waals surface area contributed by atoms with E-state index < -0.39 is 25.8 Å². The first-order valence-electron chi connectivity index (χ1n) is 11.0. The second-order valence-electron chi connectivity index (χ2n) is 8.10. The smallest absolute Gasteiger partial charge is 0.254 e. The van der Waals surface area contributed by atoms with Crippen LogP contribution in [0.15, 0.2) is 60.7 Å². The van der Waals surface area contributed by atoms with Gasteiger partial charge in [-0.05, 0) is 72.6 Å². The van der Waals surface area contributed by atoms with Crippen LogP contribution in [0.4, 0.5) is 0 Å². The van der Waals surface area contributed by atoms with Crippen LogP contribution in [-0.4, -0.2) is 53.7 Å². The molecule has 2 amide bonds. The summed E-state index contributed by atoms with van der Waals surface area (Å²) in [5.74, 6) is -0.979. The Morgan fingerprint density at radius 2 is 1.61 bits per heavy atom. The first-order valence-corrected chi connectivity index (χ1v) is 13.7. The molecule has 0 saturated heterocycles. The van der Waals surface area contributed by atoms with Gasteiger partial charge in [-0.1, -0.05) is 49.3 Å². The molecule has 0 spiro atoms. The van der Waals surface area contributed by atoms with E-state index in [1.54, 1.807) is 24.3 Å². The summed E-state index contributed by atoms with van der Waals surface area (Å²) in [4.78, 5) is 36.5. The molecule has 4 N–H and O–H groups in total. The van der Waals surface area contributed by atoms with Crippen LogP contribution in [0.5, 0.6) is 11.5 Å². The number of aromatic hydroxyl groups is 2. The lowest BCUT2D eigenvalue weighted by atomic mass is 10.1. The predicted molar refractivity (Wildman–Crippen MR) is 143 cm³/mol. The molecule has 2 atom stereocenters. The van der Waals surface area contributed by atoms with E-state index in [1.807, 2.05) is 12.1 Å². The van der Waals surface area contributed by atoms with E-state index in [2.05, 4.69) is 17.3 Å². The molecule has 36 heavy (non-hydrogen) atoms. The third kappa shape index (κ3) is 7.44. The van der Waals surface area contributed by atoms with Crippen LogP contribution in [0, 0.1) is 0 Å². The molecule has 3 aromatic rings. The van der Waals surface area contributed by atoms with Gasteiger partial charge in [-0.25, -0.2) is 0 Å². The Labute approximate surface area is 220 Å². The molecular weight excluding hydrogens is 522 g/mol. The summed E-state index contributed by atoms with van der Waals surface area (Å²) in [6.45, 7) is 1.96. The maximum Gasteiger partial charge on any atom is 0.254 e. The highest BCUT2D eigenvalue weighted by Crippen LogP contribution is 2.33. The highest BCUT2D eigenvalue weighted by atomic mass is 35.5. The number of amides is 2. The fourth-order valence-electron chi connectivity index (χ4n) is 3.47. The maximum absolute atomic E-state index is 12.8. The van der Waals surface area contributed by atoms with Gasteiger partial charge in [0.2, 0.25) is 0 Å². The normalized spacial score (nSPS) is 12.4. The van der Waals surface area contributed by atoms with Gasteiger partial charge in [0.1, 0.15) is 23.8 Å². The number of halogens is 2. The number of hydrogen-bond donors (Lipinski definition) is 4. The SMILES string of the molecule is CP(CCc1cc(Cl)c(C(=O)NC(C=O)CNC(=O)c2cccc(O)c2)c(Cl)c1)c1cccc(O)c1. The molecule has 3 rings (SSSR count). The number of phenols is 2. The molecule has 0 fully saturated rings. The second-order valence-corrected chi connectivity index (χ2v) is 11.3. The number of aryl methyl sites for hydroxylation is 1. The first kappa shape index (κ1) is 27.5. The van der Waals surface area contributed by atoms with Crippen LogP contribution >= 0.6 is 31.1 Å². The minimum Gasteiger partial charge on any atom is -0.508 e. The van der Waals surface area contributed by atoms with Crippen LogP contribution in [0.2, 0.25) is 10.0 Å². The van der Waals surface area contributed by atoms with Gasteiger partial charge in [-0.15, -0.1) is 0 Å². The number of phenolic OH excluding ortho intramolecular Hbond substituents is 2. The average Bonchev–Trinajstić information content (AvgIpc) is 2.84. The third-order valence-electron chi connectivity index (χ3n) is 5.41. The number of aldehydes is 1. The Hall–Kier alpha value is -3.12. The summed E-state index contributed by atoms with van der Waals surface area (Å²) in [5, 5.41) is 25.6. The minimum absolute atomic E-state index is 0.0417. The van der Waals surface area contributed by atoms with Crippen LogP contribution in [0.3, 0.4) is 0 Å². The van der Waals surface area contributed by atoms with Gasteiger partial charge in [0, 0.05) is 12.1 Å². The Kier molecular flexibility index (Phi) is 9.71. The van der Waals surface area contributed by atoms with Crippen molar-refractivity contribution < 1.29 is 24.6 Å². The topological polar surface area (TPSA) is 116 Å². The molecular formula is C26H25Cl2N2O5P. The maximum atomic E-state index is 12.8. The quantitative estimate of drug-likeness (QED) is 0.225. The van der Waals surface area contributed by atoms with E-state index in [0.717, 1.165) is 17.0 Å². The fraction of sp³-hybridized carbons (Fsp3) is 0.192. The van der Waals surface area contributed by atoms with E-state index in [9.17, 15) is 24.6 Å². The molecule has 0 aromatic heterocycles. The molecule has 0 saturated carbocycles. The lowest BCUT2D eigenvalue weighted by Gasteiger charge is -2.16. The number of hydrogen-bond acceptors (Lipinski definition) is 5. The van der Waals surface area contributed by atoms with Gasteiger partial charge >= 0.3 is 0 Å². The summed E-state index contributed by atoms with van der Waals surface area (Å²) < 4.78 is 0. The summed E-state index contributed by atoms with van der Waals surface area (Å²) >= 11 is 12.8. The number of nitrogens with one attached hydrogen (secondary N) is 2. The van der Waals surface area contributed by atoms with Gasteiger partial charge < -0.3 is 25.6 Å². The van der Waals surface area contributed by atoms with Gasteiger partial charge in [-0.3, -0.25) is 9.59 Å². The summed E-state index contributed by atoms with van der Waals surface area (Å²) in [7, 11) is -0.510. The zero-order valence-electron chi connectivity index (χ0n) is 19.4. The van der Waals surface area contributed by atoms with Crippen molar-refractivity contribution in [2.45, 2.75) is 12.5 Å². The van der Waals surface area contributed by atoms with Gasteiger partial charge in [0.25, 0.3) is 11.8 Å². The van der Waals surface area contributed by atoms with Crippen LogP contribution in [-0.2, 0) is 11.2 Å². The van der Waals surface area contributed by atoms with Gasteiger partial charge in [0.05, 0.1) is 15.6 Å². The third-order valence-corrected chi connectivity index (χ3v) is 8.06. The number of carbonyl (C=O) groups excluding carboxylic acids is 3. The summed E-state index contributed by atoms with van der Waals surface area (Å²) in [5.41, 5.74) is 1.12. The minimum atomic E-state index is -1.02. The van der Waals surface area contributed by atoms with Crippen molar-refractivity contribution in [2.75, 3.05) is 19.4 Å². The Morgan fingerprint density at radius 1 is 0.972 bits per heavy atom. The van der Waals surface area contributed by atoms with E-state index in [1.165, 1.54) is 24.3 Å². The second kappa shape index (κ2) is 12.7. The molecule has 0 radical (unpaired) electrons. The molecule has 3 aromatic carbocycles. The van der Waals surface area contributed by atoms with Crippen molar-refractivity contribution in [2.24, 2.45) is 0 Å². The van der Waals surface area contributed by atoms with Crippen molar-refractivity contribution >= 4 is 54.5 Å². The number of carbonyl (C=O) groups is 3. The molecule has 0 aliphatic rings. The largest absolute Gasteiger partial charge is 0.508 e. The van der Waals surface area contributed by atoms with Crippen LogP contribution in [0.1, 0.15) is 26.3 Å². The van der Waals surface area contributed by atoms with E-state index in [4.69, 9.17) is 23.2 Å². The Morgan fingerprint density at radius 3 is 2.22 bits per heavy atom. The zero-order chi connectivity index (χ0) is 26.2. The fourth-order valence-corrected chi connectivity index (χ4v) is 5.72. The molecule has 0 heterocycles. The van der Waals surface area contributed by atoms with E-state index in [-0.39, 0.29) is 39.2 Å². The standard InChI is InChI=1S/C26H25Cl2N2O5P/c1-36(21-7-3-6-20(33)13-21)9-8-16-10-22(27)24(23(28)11-16)26(35)30-18(15-31)14-29-25(34)17-4-2-5-19(32)12-17/h2-7,10-13,15,18,32-33H,8-9,14H2,1H3,(H,29,34)(H,30,35).